The van der Waals surface area contributed by atoms with Crippen LogP contribution in [0.1, 0.15) is 29.5 Å². The van der Waals surface area contributed by atoms with E-state index < -0.39 is 0 Å². The summed E-state index contributed by atoms with van der Waals surface area (Å²) in [6.07, 6.45) is 0. The Hall–Kier alpha value is -3.30. The Morgan fingerprint density at radius 2 is 1.90 bits per heavy atom. The van der Waals surface area contributed by atoms with Crippen molar-refractivity contribution < 1.29 is 19.4 Å². The predicted molar refractivity (Wildman–Crippen MR) is 112 cm³/mol. The van der Waals surface area contributed by atoms with Gasteiger partial charge in [0.1, 0.15) is 5.75 Å². The van der Waals surface area contributed by atoms with Gasteiger partial charge in [-0.15, -0.1) is 0 Å². The van der Waals surface area contributed by atoms with E-state index >= 15 is 0 Å². The zero-order valence-corrected chi connectivity index (χ0v) is 17.0. The van der Waals surface area contributed by atoms with Gasteiger partial charge in [-0.3, -0.25) is 9.59 Å². The molecule has 0 saturated carbocycles. The van der Waals surface area contributed by atoms with E-state index in [4.69, 9.17) is 4.74 Å². The lowest BCUT2D eigenvalue weighted by Gasteiger charge is -2.58. The van der Waals surface area contributed by atoms with Gasteiger partial charge < -0.3 is 19.6 Å². The van der Waals surface area contributed by atoms with Crippen molar-refractivity contribution in [2.24, 2.45) is 0 Å². The second-order valence-electron chi connectivity index (χ2n) is 7.65. The Balaban J connectivity index is 1.53. The van der Waals surface area contributed by atoms with Gasteiger partial charge in [0.2, 0.25) is 11.8 Å². The third-order valence-electron chi connectivity index (χ3n) is 5.91. The lowest BCUT2D eigenvalue weighted by molar-refractivity contribution is -0.166. The minimum Gasteiger partial charge on any atom is -0.497 e. The number of hydrogen-bond acceptors (Lipinski definition) is 4. The summed E-state index contributed by atoms with van der Waals surface area (Å²) in [5.74, 6) is 6.86. The van der Waals surface area contributed by atoms with Crippen molar-refractivity contribution in [1.29, 1.82) is 0 Å². The topological polar surface area (TPSA) is 70.1 Å². The summed E-state index contributed by atoms with van der Waals surface area (Å²) in [4.78, 5) is 27.5. The van der Waals surface area contributed by atoms with Gasteiger partial charge in [-0.05, 0) is 35.9 Å². The summed E-state index contributed by atoms with van der Waals surface area (Å²) in [6.45, 7) is 1.98. The molecule has 0 bridgehead atoms. The highest BCUT2D eigenvalue weighted by molar-refractivity contribution is 5.87. The van der Waals surface area contributed by atoms with E-state index in [1.807, 2.05) is 48.5 Å². The van der Waals surface area contributed by atoms with Gasteiger partial charge in [0.25, 0.3) is 0 Å². The minimum absolute atomic E-state index is 0.00138. The number of rotatable bonds is 3. The van der Waals surface area contributed by atoms with E-state index in [2.05, 4.69) is 11.8 Å². The minimum atomic E-state index is -0.245. The molecule has 2 aliphatic heterocycles. The molecule has 0 spiro atoms. The summed E-state index contributed by atoms with van der Waals surface area (Å²) < 4.78 is 5.22. The van der Waals surface area contributed by atoms with Crippen LogP contribution in [0.3, 0.4) is 0 Å². The zero-order chi connectivity index (χ0) is 21.3. The van der Waals surface area contributed by atoms with E-state index in [-0.39, 0.29) is 43.0 Å². The molecule has 2 aromatic rings. The Labute approximate surface area is 176 Å². The van der Waals surface area contributed by atoms with Crippen molar-refractivity contribution in [2.45, 2.75) is 24.9 Å². The molecule has 30 heavy (non-hydrogen) atoms. The molecule has 154 valence electrons. The fourth-order valence-corrected chi connectivity index (χ4v) is 4.37. The summed E-state index contributed by atoms with van der Waals surface area (Å²) in [6, 6.07) is 15.2. The number of aliphatic hydroxyl groups is 1. The maximum atomic E-state index is 12.4. The molecule has 4 rings (SSSR count). The molecule has 2 aromatic carbocycles. The van der Waals surface area contributed by atoms with Gasteiger partial charge in [-0.1, -0.05) is 30.0 Å². The van der Waals surface area contributed by atoms with Crippen LogP contribution in [0.25, 0.3) is 0 Å². The lowest BCUT2D eigenvalue weighted by atomic mass is 9.73. The number of piperazine rings is 1. The van der Waals surface area contributed by atoms with Crippen molar-refractivity contribution in [2.75, 3.05) is 26.8 Å². The molecule has 2 fully saturated rings. The Morgan fingerprint density at radius 3 is 2.57 bits per heavy atom. The molecular formula is C24H24N2O4. The molecule has 3 atom stereocenters. The number of methoxy groups -OCH3 is 1. The number of benzene rings is 2. The highest BCUT2D eigenvalue weighted by atomic mass is 16.5. The number of fused-ring (bicyclic) bond motifs is 1. The van der Waals surface area contributed by atoms with Crippen LogP contribution >= 0.6 is 0 Å². The largest absolute Gasteiger partial charge is 0.497 e. The van der Waals surface area contributed by atoms with E-state index in [1.165, 1.54) is 6.92 Å². The summed E-state index contributed by atoms with van der Waals surface area (Å²) in [7, 11) is 1.63. The first kappa shape index (κ1) is 20.0. The van der Waals surface area contributed by atoms with Crippen molar-refractivity contribution in [3.8, 4) is 17.6 Å². The average Bonchev–Trinajstić information content (AvgIpc) is 2.74. The van der Waals surface area contributed by atoms with E-state index in [1.54, 1.807) is 16.9 Å². The van der Waals surface area contributed by atoms with Gasteiger partial charge in [0.05, 0.1) is 32.3 Å². The molecule has 2 saturated heterocycles. The molecular weight excluding hydrogens is 380 g/mol. The second-order valence-corrected chi connectivity index (χ2v) is 7.65. The molecule has 2 aliphatic rings. The Morgan fingerprint density at radius 1 is 1.17 bits per heavy atom. The van der Waals surface area contributed by atoms with Crippen LogP contribution in [0.4, 0.5) is 0 Å². The monoisotopic (exact) mass is 404 g/mol. The number of amides is 2. The van der Waals surface area contributed by atoms with Crippen molar-refractivity contribution >= 4 is 11.8 Å². The third kappa shape index (κ3) is 3.64. The molecule has 0 unspecified atom stereocenters. The maximum Gasteiger partial charge on any atom is 0.242 e. The van der Waals surface area contributed by atoms with Crippen molar-refractivity contribution in [3.63, 3.8) is 0 Å². The number of carbonyl (C=O) groups excluding carboxylic acids is 2. The normalized spacial score (nSPS) is 22.5. The van der Waals surface area contributed by atoms with Gasteiger partial charge in [0, 0.05) is 30.5 Å². The second kappa shape index (κ2) is 8.21. The van der Waals surface area contributed by atoms with Crippen LogP contribution in [0, 0.1) is 11.8 Å². The van der Waals surface area contributed by atoms with E-state index in [9.17, 15) is 14.7 Å². The number of ether oxygens (including phenoxy) is 1. The van der Waals surface area contributed by atoms with Gasteiger partial charge in [-0.25, -0.2) is 0 Å². The van der Waals surface area contributed by atoms with E-state index in [0.717, 1.165) is 22.4 Å². The van der Waals surface area contributed by atoms with Gasteiger partial charge >= 0.3 is 0 Å². The summed E-state index contributed by atoms with van der Waals surface area (Å²) in [5, 5.41) is 9.85. The molecule has 2 heterocycles. The standard InChI is InChI=1S/C24H24N2O4/c1-16(28)25-13-21-24(22(15-27)26(21)23(29)14-25)19-10-8-17(9-11-19)6-7-18-4-3-5-20(12-18)30-2/h3-5,8-12,21-22,24,27H,13-15H2,1-2H3/t21-,22+,24-/m1/s1. The molecule has 6 nitrogen and oxygen atoms in total. The highest BCUT2D eigenvalue weighted by Gasteiger charge is 2.54. The first-order valence-corrected chi connectivity index (χ1v) is 9.95. The Bertz CT molecular complexity index is 1020. The van der Waals surface area contributed by atoms with Gasteiger partial charge in [0.15, 0.2) is 0 Å². The van der Waals surface area contributed by atoms with Crippen LogP contribution in [0.15, 0.2) is 48.5 Å². The molecule has 0 aromatic heterocycles. The summed E-state index contributed by atoms with van der Waals surface area (Å²) in [5.41, 5.74) is 2.79. The molecule has 6 heteroatoms. The lowest BCUT2D eigenvalue weighted by Crippen LogP contribution is -2.73. The SMILES string of the molecule is COc1cccc(C#Cc2ccc([C@@H]3[C@H]4CN(C(C)=O)CC(=O)N4[C@H]3CO)cc2)c1. The number of aliphatic hydroxyl groups excluding tert-OH is 1. The van der Waals surface area contributed by atoms with Crippen LogP contribution in [-0.2, 0) is 9.59 Å². The van der Waals surface area contributed by atoms with Crippen molar-refractivity contribution in [1.82, 2.24) is 9.80 Å². The highest BCUT2D eigenvalue weighted by Crippen LogP contribution is 2.42. The molecule has 1 N–H and O–H groups in total. The molecule has 2 amide bonds. The fraction of sp³-hybridized carbons (Fsp3) is 0.333. The summed E-state index contributed by atoms with van der Waals surface area (Å²) >= 11 is 0. The Kier molecular flexibility index (Phi) is 5.47. The smallest absolute Gasteiger partial charge is 0.242 e. The molecule has 0 aliphatic carbocycles. The first-order valence-electron chi connectivity index (χ1n) is 9.95. The average molecular weight is 404 g/mol. The van der Waals surface area contributed by atoms with Crippen LogP contribution < -0.4 is 4.74 Å². The fourth-order valence-electron chi connectivity index (χ4n) is 4.37. The van der Waals surface area contributed by atoms with Crippen LogP contribution in [0.2, 0.25) is 0 Å². The van der Waals surface area contributed by atoms with E-state index in [0.29, 0.717) is 6.54 Å². The predicted octanol–water partition coefficient (Wildman–Crippen LogP) is 1.61. The quantitative estimate of drug-likeness (QED) is 0.790. The first-order chi connectivity index (χ1) is 14.5. The third-order valence-corrected chi connectivity index (χ3v) is 5.91. The number of nitrogens with zero attached hydrogens (tertiary/aromatic N) is 2. The van der Waals surface area contributed by atoms with Crippen molar-refractivity contribution in [3.05, 3.63) is 65.2 Å². The maximum absolute atomic E-state index is 12.4. The van der Waals surface area contributed by atoms with Crippen LogP contribution in [0.5, 0.6) is 5.75 Å². The number of hydrogen-bond donors (Lipinski definition) is 1. The van der Waals surface area contributed by atoms with Crippen LogP contribution in [-0.4, -0.2) is 65.6 Å². The van der Waals surface area contributed by atoms with Gasteiger partial charge in [-0.2, -0.15) is 0 Å². The zero-order valence-electron chi connectivity index (χ0n) is 17.0. The molecule has 0 radical (unpaired) electrons. The number of carbonyl (C=O) groups is 2.